The summed E-state index contributed by atoms with van der Waals surface area (Å²) >= 11 is 0. The number of hydrogen-bond donors (Lipinski definition) is 4. The second-order valence-electron chi connectivity index (χ2n) is 14.0. The van der Waals surface area contributed by atoms with E-state index in [0.717, 1.165) is 28.8 Å². The Kier molecular flexibility index (Phi) is 12.1. The van der Waals surface area contributed by atoms with Crippen LogP contribution < -0.4 is 10.6 Å². The standard InChI is InChI=1S/C43H44N10O6/c1-26(52(2)40(54)35(50-42(56)58-3)28-12-7-5-8-13-28)37-46-24-32(48-37)27-17-19-30(20-18-27)38-44-22-31(23-45-38)33-25-47-39(49-33)34-16-11-21-53(34)41(55)36(51-43(57)59-4)29-14-9-6-10-15-29/h5-10,12-15,17-20,22-26,34-36H,11,16,21H2,1-4H3,(H,46,48)(H,47,49)(H,50,56)(H,51,57)/t26-,34-,35+,36+/m0/s1. The van der Waals surface area contributed by atoms with E-state index in [4.69, 9.17) is 9.47 Å². The summed E-state index contributed by atoms with van der Waals surface area (Å²) in [5, 5.41) is 5.33. The summed E-state index contributed by atoms with van der Waals surface area (Å²) in [5.41, 5.74) is 5.17. The Bertz CT molecular complexity index is 2390. The van der Waals surface area contributed by atoms with Crippen molar-refractivity contribution in [1.29, 1.82) is 0 Å². The number of nitrogens with one attached hydrogen (secondary N) is 4. The molecule has 302 valence electrons. The van der Waals surface area contributed by atoms with Gasteiger partial charge in [0.15, 0.2) is 5.82 Å². The molecule has 16 nitrogen and oxygen atoms in total. The van der Waals surface area contributed by atoms with E-state index in [-0.39, 0.29) is 17.9 Å². The molecule has 4 amide bonds. The summed E-state index contributed by atoms with van der Waals surface area (Å²) in [4.78, 5) is 80.2. The third-order valence-electron chi connectivity index (χ3n) is 10.4. The SMILES string of the molecule is COC(=O)N[C@@H](C(=O)N(C)[C@@H](C)c1ncc(-c2ccc(-c3ncc(-c4cnc([C@@H]5CCCN5C(=O)[C@H](NC(=O)OC)c5ccccc5)[nH]4)cn3)cc2)[nH]1)c1ccccc1. The molecule has 0 unspecified atom stereocenters. The number of nitrogens with zero attached hydrogens (tertiary/aromatic N) is 6. The van der Waals surface area contributed by atoms with Crippen LogP contribution in [0.5, 0.6) is 0 Å². The highest BCUT2D eigenvalue weighted by molar-refractivity contribution is 5.88. The zero-order chi connectivity index (χ0) is 41.5. The Morgan fingerprint density at radius 2 is 1.27 bits per heavy atom. The number of benzene rings is 3. The van der Waals surface area contributed by atoms with Crippen molar-refractivity contribution in [3.8, 4) is 33.9 Å². The Morgan fingerprint density at radius 3 is 1.90 bits per heavy atom. The van der Waals surface area contributed by atoms with Crippen LogP contribution in [0.1, 0.15) is 66.7 Å². The van der Waals surface area contributed by atoms with Crippen LogP contribution in [-0.4, -0.2) is 91.5 Å². The number of ether oxygens (including phenoxy) is 2. The van der Waals surface area contributed by atoms with Crippen LogP contribution in [0.2, 0.25) is 0 Å². The molecule has 0 aliphatic carbocycles. The van der Waals surface area contributed by atoms with E-state index in [1.165, 1.54) is 19.1 Å². The predicted octanol–water partition coefficient (Wildman–Crippen LogP) is 6.30. The van der Waals surface area contributed by atoms with Crippen LogP contribution in [0, 0.1) is 0 Å². The monoisotopic (exact) mass is 796 g/mol. The lowest BCUT2D eigenvalue weighted by Crippen LogP contribution is -2.42. The third-order valence-corrected chi connectivity index (χ3v) is 10.4. The molecule has 1 fully saturated rings. The number of aromatic amines is 2. The van der Waals surface area contributed by atoms with Crippen molar-refractivity contribution in [2.45, 2.75) is 43.9 Å². The molecular weight excluding hydrogens is 753 g/mol. The van der Waals surface area contributed by atoms with E-state index in [2.05, 4.69) is 40.5 Å². The van der Waals surface area contributed by atoms with Crippen LogP contribution in [-0.2, 0) is 19.1 Å². The molecule has 3 aromatic heterocycles. The minimum atomic E-state index is -0.940. The van der Waals surface area contributed by atoms with Gasteiger partial charge in [-0.05, 0) is 36.5 Å². The van der Waals surface area contributed by atoms with Crippen molar-refractivity contribution < 1.29 is 28.7 Å². The summed E-state index contributed by atoms with van der Waals surface area (Å²) in [6.07, 6.45) is 6.97. The first kappa shape index (κ1) is 39.9. The van der Waals surface area contributed by atoms with E-state index < -0.39 is 30.3 Å². The number of carbonyl (C=O) groups excluding carboxylic acids is 4. The van der Waals surface area contributed by atoms with Crippen molar-refractivity contribution in [3.05, 3.63) is 132 Å². The van der Waals surface area contributed by atoms with Gasteiger partial charge in [0.1, 0.15) is 23.7 Å². The van der Waals surface area contributed by atoms with Gasteiger partial charge in [-0.25, -0.2) is 29.5 Å². The maximum absolute atomic E-state index is 13.9. The lowest BCUT2D eigenvalue weighted by molar-refractivity contribution is -0.135. The summed E-state index contributed by atoms with van der Waals surface area (Å²) in [6.45, 7) is 2.38. The molecule has 0 saturated carbocycles. The topological polar surface area (TPSA) is 200 Å². The normalized spacial score (nSPS) is 15.1. The fourth-order valence-electron chi connectivity index (χ4n) is 7.04. The molecule has 0 bridgehead atoms. The second kappa shape index (κ2) is 17.8. The average Bonchev–Trinajstić information content (AvgIpc) is 4.09. The van der Waals surface area contributed by atoms with Crippen LogP contribution in [0.25, 0.3) is 33.9 Å². The van der Waals surface area contributed by atoms with Gasteiger partial charge < -0.3 is 39.9 Å². The Balaban J connectivity index is 1.00. The average molecular weight is 797 g/mol. The zero-order valence-corrected chi connectivity index (χ0v) is 33.0. The van der Waals surface area contributed by atoms with Crippen molar-refractivity contribution in [3.63, 3.8) is 0 Å². The largest absolute Gasteiger partial charge is 0.453 e. The van der Waals surface area contributed by atoms with E-state index >= 15 is 0 Å². The Morgan fingerprint density at radius 1 is 0.712 bits per heavy atom. The minimum absolute atomic E-state index is 0.244. The highest BCUT2D eigenvalue weighted by Gasteiger charge is 2.37. The Hall–Kier alpha value is -7.36. The lowest BCUT2D eigenvalue weighted by atomic mass is 10.1. The van der Waals surface area contributed by atoms with Gasteiger partial charge in [-0.1, -0.05) is 84.9 Å². The Labute approximate surface area is 340 Å². The van der Waals surface area contributed by atoms with Crippen LogP contribution in [0.15, 0.2) is 110 Å². The molecular formula is C43H44N10O6. The van der Waals surface area contributed by atoms with Crippen LogP contribution >= 0.6 is 0 Å². The van der Waals surface area contributed by atoms with Gasteiger partial charge in [0.2, 0.25) is 5.91 Å². The number of amides is 4. The molecule has 4 atom stereocenters. The minimum Gasteiger partial charge on any atom is -0.453 e. The molecule has 7 rings (SSSR count). The number of likely N-dealkylation sites (N-methyl/N-ethyl adjacent to an activating group) is 1. The maximum Gasteiger partial charge on any atom is 0.407 e. The van der Waals surface area contributed by atoms with Crippen LogP contribution in [0.3, 0.4) is 0 Å². The van der Waals surface area contributed by atoms with Crippen LogP contribution in [0.4, 0.5) is 9.59 Å². The molecule has 59 heavy (non-hydrogen) atoms. The molecule has 4 N–H and O–H groups in total. The summed E-state index contributed by atoms with van der Waals surface area (Å²) in [6, 6.07) is 23.2. The molecule has 0 spiro atoms. The lowest BCUT2D eigenvalue weighted by Gasteiger charge is -2.28. The number of likely N-dealkylation sites (tertiary alicyclic amines) is 1. The zero-order valence-electron chi connectivity index (χ0n) is 33.0. The van der Waals surface area contributed by atoms with Crippen molar-refractivity contribution in [1.82, 2.24) is 50.3 Å². The van der Waals surface area contributed by atoms with E-state index in [9.17, 15) is 19.2 Å². The molecule has 1 aliphatic rings. The van der Waals surface area contributed by atoms with Gasteiger partial charge in [0, 0.05) is 37.1 Å². The van der Waals surface area contributed by atoms with E-state index in [1.807, 2.05) is 55.5 Å². The molecule has 3 aromatic carbocycles. The number of carbonyl (C=O) groups is 4. The first-order valence-corrected chi connectivity index (χ1v) is 19.0. The molecule has 16 heteroatoms. The van der Waals surface area contributed by atoms with E-state index in [0.29, 0.717) is 47.3 Å². The predicted molar refractivity (Wildman–Crippen MR) is 217 cm³/mol. The van der Waals surface area contributed by atoms with E-state index in [1.54, 1.807) is 73.1 Å². The second-order valence-corrected chi connectivity index (χ2v) is 14.0. The first-order chi connectivity index (χ1) is 28.6. The van der Waals surface area contributed by atoms with Gasteiger partial charge in [-0.2, -0.15) is 0 Å². The fourth-order valence-corrected chi connectivity index (χ4v) is 7.04. The van der Waals surface area contributed by atoms with Gasteiger partial charge in [0.25, 0.3) is 5.91 Å². The number of hydrogen-bond acceptors (Lipinski definition) is 10. The molecule has 1 aliphatic heterocycles. The molecule has 0 radical (unpaired) electrons. The number of H-pyrrole nitrogens is 2. The highest BCUT2D eigenvalue weighted by atomic mass is 16.5. The first-order valence-electron chi connectivity index (χ1n) is 19.0. The van der Waals surface area contributed by atoms with Gasteiger partial charge in [-0.3, -0.25) is 9.59 Å². The number of rotatable bonds is 12. The summed E-state index contributed by atoms with van der Waals surface area (Å²) in [5.74, 6) is 1.17. The highest BCUT2D eigenvalue weighted by Crippen LogP contribution is 2.34. The number of aromatic nitrogens is 6. The van der Waals surface area contributed by atoms with Gasteiger partial charge >= 0.3 is 12.2 Å². The van der Waals surface area contributed by atoms with Gasteiger partial charge in [-0.15, -0.1) is 0 Å². The summed E-state index contributed by atoms with van der Waals surface area (Å²) in [7, 11) is 4.18. The fraction of sp³-hybridized carbons (Fsp3) is 0.256. The van der Waals surface area contributed by atoms with Crippen molar-refractivity contribution in [2.75, 3.05) is 27.8 Å². The van der Waals surface area contributed by atoms with Crippen molar-refractivity contribution in [2.24, 2.45) is 0 Å². The number of alkyl carbamates (subject to hydrolysis) is 2. The van der Waals surface area contributed by atoms with Gasteiger partial charge in [0.05, 0.1) is 50.1 Å². The number of methoxy groups -OCH3 is 2. The molecule has 1 saturated heterocycles. The third kappa shape index (κ3) is 8.81. The molecule has 4 heterocycles. The maximum atomic E-state index is 13.9. The smallest absolute Gasteiger partial charge is 0.407 e. The number of imidazole rings is 2. The quantitative estimate of drug-likeness (QED) is 0.109. The molecule has 6 aromatic rings. The summed E-state index contributed by atoms with van der Waals surface area (Å²) < 4.78 is 9.58. The van der Waals surface area contributed by atoms with Crippen molar-refractivity contribution >= 4 is 24.0 Å².